The molecule has 0 unspecified atom stereocenters. The molecule has 4 rings (SSSR count). The first-order chi connectivity index (χ1) is 9.24. The van der Waals surface area contributed by atoms with E-state index in [0.717, 1.165) is 10.7 Å². The van der Waals surface area contributed by atoms with Crippen LogP contribution < -0.4 is 5.73 Å². The zero-order valence-corrected chi connectivity index (χ0v) is 11.2. The van der Waals surface area contributed by atoms with Crippen molar-refractivity contribution in [3.63, 3.8) is 0 Å². The second-order valence-corrected chi connectivity index (χ2v) is 5.45. The van der Waals surface area contributed by atoms with Gasteiger partial charge in [0.2, 0.25) is 0 Å². The first-order valence-corrected chi connectivity index (χ1v) is 6.88. The second-order valence-electron chi connectivity index (χ2n) is 4.61. The summed E-state index contributed by atoms with van der Waals surface area (Å²) in [5, 5.41) is 3.38. The summed E-state index contributed by atoms with van der Waals surface area (Å²) in [6, 6.07) is 8.40. The molecule has 2 N–H and O–H groups in total. The molecule has 4 aromatic rings. The molecule has 0 radical (unpaired) electrons. The van der Waals surface area contributed by atoms with Crippen molar-refractivity contribution in [2.24, 2.45) is 7.05 Å². The number of hydrogen-bond acceptors (Lipinski definition) is 3. The van der Waals surface area contributed by atoms with E-state index in [9.17, 15) is 0 Å². The number of nitrogens with two attached hydrogens (primary N) is 1. The Balaban J connectivity index is 2.09. The van der Waals surface area contributed by atoms with Gasteiger partial charge in [0.1, 0.15) is 5.82 Å². The van der Waals surface area contributed by atoms with Gasteiger partial charge in [-0.2, -0.15) is 0 Å². The topological polar surface area (TPSA) is 48.2 Å². The second kappa shape index (κ2) is 3.61. The van der Waals surface area contributed by atoms with E-state index in [1.807, 2.05) is 6.20 Å². The lowest BCUT2D eigenvalue weighted by atomic mass is 10.1. The summed E-state index contributed by atoms with van der Waals surface area (Å²) in [6.45, 7) is 0. The number of aryl methyl sites for hydroxylation is 1. The van der Waals surface area contributed by atoms with Crippen LogP contribution in [0.2, 0.25) is 0 Å². The highest BCUT2D eigenvalue weighted by Crippen LogP contribution is 2.33. The zero-order chi connectivity index (χ0) is 13.0. The fraction of sp³-hybridized carbons (Fsp3) is 0.0714. The third-order valence-corrected chi connectivity index (χ3v) is 4.24. The monoisotopic (exact) mass is 268 g/mol. The maximum Gasteiger partial charge on any atom is 0.196 e. The largest absolute Gasteiger partial charge is 0.382 e. The Kier molecular flexibility index (Phi) is 2.02. The van der Waals surface area contributed by atoms with E-state index in [1.54, 1.807) is 11.3 Å². The number of rotatable bonds is 1. The van der Waals surface area contributed by atoms with Crippen LogP contribution in [0.4, 0.5) is 5.82 Å². The minimum absolute atomic E-state index is 0.563. The SMILES string of the molecule is Cn1cc(-c2csc3nc(N)cn23)c2ccccc21. The number of nitrogen functional groups attached to an aromatic ring is 1. The van der Waals surface area contributed by atoms with Gasteiger partial charge in [-0.3, -0.25) is 4.40 Å². The minimum Gasteiger partial charge on any atom is -0.382 e. The Bertz CT molecular complexity index is 897. The first kappa shape index (κ1) is 10.6. The van der Waals surface area contributed by atoms with E-state index in [-0.39, 0.29) is 0 Å². The summed E-state index contributed by atoms with van der Waals surface area (Å²) in [6.07, 6.45) is 4.03. The molecule has 0 saturated heterocycles. The third kappa shape index (κ3) is 1.42. The molecule has 0 bridgehead atoms. The van der Waals surface area contributed by atoms with Crippen LogP contribution in [0.5, 0.6) is 0 Å². The molecule has 94 valence electrons. The number of nitrogens with zero attached hydrogens (tertiary/aromatic N) is 3. The number of hydrogen-bond donors (Lipinski definition) is 1. The van der Waals surface area contributed by atoms with Crippen LogP contribution in [0.1, 0.15) is 0 Å². The van der Waals surface area contributed by atoms with Gasteiger partial charge < -0.3 is 10.3 Å². The molecule has 3 aromatic heterocycles. The number of thiazole rings is 1. The van der Waals surface area contributed by atoms with E-state index in [4.69, 9.17) is 5.73 Å². The molecule has 0 atom stereocenters. The number of benzene rings is 1. The molecule has 19 heavy (non-hydrogen) atoms. The molecule has 0 aliphatic rings. The van der Waals surface area contributed by atoms with Crippen molar-refractivity contribution in [1.29, 1.82) is 0 Å². The summed E-state index contributed by atoms with van der Waals surface area (Å²) in [5.74, 6) is 0.563. The molecular formula is C14H12N4S. The first-order valence-electron chi connectivity index (χ1n) is 6.00. The standard InChI is InChI=1S/C14H12N4S/c1-17-6-10(9-4-2-3-5-11(9)17)12-8-19-14-16-13(15)7-18(12)14/h2-8H,15H2,1H3. The number of para-hydroxylation sites is 1. The number of fused-ring (bicyclic) bond motifs is 2. The van der Waals surface area contributed by atoms with Gasteiger partial charge in [-0.1, -0.05) is 18.2 Å². The molecule has 0 spiro atoms. The summed E-state index contributed by atoms with van der Waals surface area (Å²) in [5.41, 5.74) is 9.35. The molecule has 5 heteroatoms. The molecule has 0 aliphatic heterocycles. The lowest BCUT2D eigenvalue weighted by molar-refractivity contribution is 0.969. The van der Waals surface area contributed by atoms with Crippen LogP contribution in [0.25, 0.3) is 27.1 Å². The van der Waals surface area contributed by atoms with E-state index >= 15 is 0 Å². The molecule has 0 aliphatic carbocycles. The Morgan fingerprint density at radius 2 is 2.05 bits per heavy atom. The van der Waals surface area contributed by atoms with Crippen LogP contribution in [0.15, 0.2) is 42.0 Å². The minimum atomic E-state index is 0.563. The molecule has 3 heterocycles. The number of aromatic nitrogens is 3. The number of anilines is 1. The van der Waals surface area contributed by atoms with E-state index < -0.39 is 0 Å². The Morgan fingerprint density at radius 1 is 1.21 bits per heavy atom. The molecule has 0 fully saturated rings. The van der Waals surface area contributed by atoms with Crippen LogP contribution in [0.3, 0.4) is 0 Å². The quantitative estimate of drug-likeness (QED) is 0.576. The summed E-state index contributed by atoms with van der Waals surface area (Å²) < 4.78 is 4.20. The summed E-state index contributed by atoms with van der Waals surface area (Å²) >= 11 is 1.61. The predicted octanol–water partition coefficient (Wildman–Crippen LogP) is 3.14. The maximum atomic E-state index is 5.77. The highest BCUT2D eigenvalue weighted by atomic mass is 32.1. The van der Waals surface area contributed by atoms with Crippen LogP contribution in [-0.4, -0.2) is 14.0 Å². The molecule has 4 nitrogen and oxygen atoms in total. The van der Waals surface area contributed by atoms with Gasteiger partial charge in [0.15, 0.2) is 4.96 Å². The van der Waals surface area contributed by atoms with Gasteiger partial charge in [-0.15, -0.1) is 11.3 Å². The van der Waals surface area contributed by atoms with Gasteiger partial charge in [0.25, 0.3) is 0 Å². The average molecular weight is 268 g/mol. The predicted molar refractivity (Wildman–Crippen MR) is 79.4 cm³/mol. The van der Waals surface area contributed by atoms with Crippen molar-refractivity contribution in [2.75, 3.05) is 5.73 Å². The Morgan fingerprint density at radius 3 is 2.95 bits per heavy atom. The van der Waals surface area contributed by atoms with Gasteiger partial charge in [-0.05, 0) is 6.07 Å². The van der Waals surface area contributed by atoms with E-state index in [0.29, 0.717) is 5.82 Å². The van der Waals surface area contributed by atoms with Gasteiger partial charge >= 0.3 is 0 Å². The lowest BCUT2D eigenvalue weighted by Gasteiger charge is -1.97. The zero-order valence-electron chi connectivity index (χ0n) is 10.4. The Labute approximate surface area is 113 Å². The average Bonchev–Trinajstić information content (AvgIpc) is 3.03. The lowest BCUT2D eigenvalue weighted by Crippen LogP contribution is -1.84. The molecule has 0 amide bonds. The summed E-state index contributed by atoms with van der Waals surface area (Å²) in [7, 11) is 2.07. The highest BCUT2D eigenvalue weighted by Gasteiger charge is 2.13. The van der Waals surface area contributed by atoms with Crippen LogP contribution in [-0.2, 0) is 7.05 Å². The number of imidazole rings is 1. The van der Waals surface area contributed by atoms with Crippen LogP contribution >= 0.6 is 11.3 Å². The van der Waals surface area contributed by atoms with Crippen LogP contribution in [0, 0.1) is 0 Å². The van der Waals surface area contributed by atoms with Crippen molar-refractivity contribution in [2.45, 2.75) is 0 Å². The fourth-order valence-electron chi connectivity index (χ4n) is 2.54. The van der Waals surface area contributed by atoms with Crippen molar-refractivity contribution in [3.8, 4) is 11.3 Å². The smallest absolute Gasteiger partial charge is 0.196 e. The normalized spacial score (nSPS) is 11.6. The third-order valence-electron chi connectivity index (χ3n) is 3.40. The van der Waals surface area contributed by atoms with Crippen molar-refractivity contribution in [1.82, 2.24) is 14.0 Å². The fourth-order valence-corrected chi connectivity index (χ4v) is 3.42. The van der Waals surface area contributed by atoms with E-state index in [1.165, 1.54) is 16.5 Å². The van der Waals surface area contributed by atoms with Gasteiger partial charge in [0.05, 0.1) is 11.9 Å². The molecule has 0 saturated carbocycles. The van der Waals surface area contributed by atoms with Crippen molar-refractivity contribution in [3.05, 3.63) is 42.0 Å². The van der Waals surface area contributed by atoms with E-state index in [2.05, 4.69) is 56.8 Å². The summed E-state index contributed by atoms with van der Waals surface area (Å²) in [4.78, 5) is 5.23. The highest BCUT2D eigenvalue weighted by molar-refractivity contribution is 7.15. The van der Waals surface area contributed by atoms with Crippen molar-refractivity contribution < 1.29 is 0 Å². The van der Waals surface area contributed by atoms with Gasteiger partial charge in [-0.25, -0.2) is 4.98 Å². The maximum absolute atomic E-state index is 5.77. The molecule has 1 aromatic carbocycles. The van der Waals surface area contributed by atoms with Crippen molar-refractivity contribution >= 4 is 33.0 Å². The Hall–Kier alpha value is -2.27. The molecular weight excluding hydrogens is 256 g/mol. The van der Waals surface area contributed by atoms with Gasteiger partial charge in [0, 0.05) is 35.1 Å².